The van der Waals surface area contributed by atoms with Gasteiger partial charge in [0.2, 0.25) is 0 Å². The van der Waals surface area contributed by atoms with E-state index < -0.39 is 0 Å². The molecule has 2 aromatic rings. The summed E-state index contributed by atoms with van der Waals surface area (Å²) in [7, 11) is 1.89. The Hall–Kier alpha value is -2.85. The smallest absolute Gasteiger partial charge is 0.151 e. The van der Waals surface area contributed by atoms with Crippen molar-refractivity contribution >= 4 is 11.5 Å². The molecule has 4 nitrogen and oxygen atoms in total. The van der Waals surface area contributed by atoms with Crippen LogP contribution in [0.4, 0.5) is 11.5 Å². The van der Waals surface area contributed by atoms with Gasteiger partial charge in [-0.1, -0.05) is 0 Å². The van der Waals surface area contributed by atoms with Crippen LogP contribution < -0.4 is 4.90 Å². The summed E-state index contributed by atoms with van der Waals surface area (Å²) < 4.78 is 0. The van der Waals surface area contributed by atoms with Crippen molar-refractivity contribution < 1.29 is 0 Å². The first-order chi connectivity index (χ1) is 10.2. The van der Waals surface area contributed by atoms with E-state index in [-0.39, 0.29) is 0 Å². The van der Waals surface area contributed by atoms with Crippen molar-refractivity contribution in [3.63, 3.8) is 0 Å². The summed E-state index contributed by atoms with van der Waals surface area (Å²) in [6.45, 7) is 0. The number of hydrogen-bond acceptors (Lipinski definition) is 4. The van der Waals surface area contributed by atoms with Crippen LogP contribution in [0.1, 0.15) is 28.8 Å². The summed E-state index contributed by atoms with van der Waals surface area (Å²) in [6, 6.07) is 13.6. The number of anilines is 2. The summed E-state index contributed by atoms with van der Waals surface area (Å²) in [4.78, 5) is 6.58. The van der Waals surface area contributed by atoms with Crippen LogP contribution in [-0.4, -0.2) is 12.0 Å². The molecule has 1 heterocycles. The summed E-state index contributed by atoms with van der Waals surface area (Å²) in [5.74, 6) is 0.683. The van der Waals surface area contributed by atoms with Gasteiger partial charge in [0.1, 0.15) is 6.07 Å². The first kappa shape index (κ1) is 13.1. The SMILES string of the molecule is CN(c1ccc(C#N)cc1)c1nc2c(cc1C#N)CCC2. The van der Waals surface area contributed by atoms with E-state index in [1.54, 1.807) is 12.1 Å². The van der Waals surface area contributed by atoms with Gasteiger partial charge in [-0.05, 0) is 55.2 Å². The number of benzene rings is 1. The van der Waals surface area contributed by atoms with Crippen LogP contribution in [0.2, 0.25) is 0 Å². The zero-order chi connectivity index (χ0) is 14.8. The zero-order valence-electron chi connectivity index (χ0n) is 11.8. The van der Waals surface area contributed by atoms with Crippen molar-refractivity contribution in [3.8, 4) is 12.1 Å². The van der Waals surface area contributed by atoms with E-state index in [2.05, 4.69) is 17.1 Å². The predicted molar refractivity (Wildman–Crippen MR) is 80.2 cm³/mol. The van der Waals surface area contributed by atoms with E-state index in [4.69, 9.17) is 5.26 Å². The van der Waals surface area contributed by atoms with Crippen LogP contribution in [0.25, 0.3) is 0 Å². The lowest BCUT2D eigenvalue weighted by Crippen LogP contribution is -2.14. The van der Waals surface area contributed by atoms with Gasteiger partial charge < -0.3 is 4.90 Å². The van der Waals surface area contributed by atoms with Crippen LogP contribution >= 0.6 is 0 Å². The van der Waals surface area contributed by atoms with E-state index in [1.165, 1.54) is 5.56 Å². The molecule has 1 aromatic heterocycles. The molecule has 0 saturated carbocycles. The minimum atomic E-state index is 0.600. The third-order valence-electron chi connectivity index (χ3n) is 3.85. The standard InChI is InChI=1S/C17H14N4/c1-21(15-7-5-12(10-18)6-8-15)17-14(11-19)9-13-3-2-4-16(13)20-17/h5-9H,2-4H2,1H3. The van der Waals surface area contributed by atoms with Crippen molar-refractivity contribution in [1.82, 2.24) is 4.98 Å². The molecule has 0 saturated heterocycles. The molecule has 0 atom stereocenters. The molecule has 0 fully saturated rings. The quantitative estimate of drug-likeness (QED) is 0.844. The summed E-state index contributed by atoms with van der Waals surface area (Å²) >= 11 is 0. The largest absolute Gasteiger partial charge is 0.328 e. The number of hydrogen-bond donors (Lipinski definition) is 0. The van der Waals surface area contributed by atoms with Crippen LogP contribution in [0.15, 0.2) is 30.3 Å². The number of fused-ring (bicyclic) bond motifs is 1. The van der Waals surface area contributed by atoms with Gasteiger partial charge in [-0.3, -0.25) is 0 Å². The van der Waals surface area contributed by atoms with E-state index in [0.717, 1.165) is 30.6 Å². The fourth-order valence-corrected chi connectivity index (χ4v) is 2.68. The molecule has 0 bridgehead atoms. The van der Waals surface area contributed by atoms with E-state index in [0.29, 0.717) is 16.9 Å². The highest BCUT2D eigenvalue weighted by Gasteiger charge is 2.19. The fourth-order valence-electron chi connectivity index (χ4n) is 2.68. The predicted octanol–water partition coefficient (Wildman–Crippen LogP) is 3.08. The Morgan fingerprint density at radius 1 is 1.10 bits per heavy atom. The minimum absolute atomic E-state index is 0.600. The molecular weight excluding hydrogens is 260 g/mol. The summed E-state index contributed by atoms with van der Waals surface area (Å²) in [5, 5.41) is 18.2. The molecule has 0 amide bonds. The molecule has 1 aliphatic rings. The number of aromatic nitrogens is 1. The molecule has 102 valence electrons. The maximum Gasteiger partial charge on any atom is 0.151 e. The third kappa shape index (κ3) is 2.32. The number of aryl methyl sites for hydroxylation is 2. The molecule has 21 heavy (non-hydrogen) atoms. The lowest BCUT2D eigenvalue weighted by molar-refractivity contribution is 0.898. The molecule has 1 aromatic carbocycles. The average molecular weight is 274 g/mol. The van der Waals surface area contributed by atoms with Gasteiger partial charge in [-0.25, -0.2) is 4.98 Å². The van der Waals surface area contributed by atoms with Gasteiger partial charge >= 0.3 is 0 Å². The zero-order valence-corrected chi connectivity index (χ0v) is 11.8. The number of nitrogens with zero attached hydrogens (tertiary/aromatic N) is 4. The second-order valence-electron chi connectivity index (χ2n) is 5.15. The van der Waals surface area contributed by atoms with Gasteiger partial charge in [0.15, 0.2) is 5.82 Å². The lowest BCUT2D eigenvalue weighted by Gasteiger charge is -2.20. The van der Waals surface area contributed by atoms with Crippen LogP contribution in [0.3, 0.4) is 0 Å². The second-order valence-corrected chi connectivity index (χ2v) is 5.15. The number of pyridine rings is 1. The van der Waals surface area contributed by atoms with Crippen molar-refractivity contribution in [2.24, 2.45) is 0 Å². The first-order valence-corrected chi connectivity index (χ1v) is 6.89. The van der Waals surface area contributed by atoms with Crippen molar-refractivity contribution in [3.05, 3.63) is 52.7 Å². The van der Waals surface area contributed by atoms with Crippen LogP contribution in [0.5, 0.6) is 0 Å². The van der Waals surface area contributed by atoms with Gasteiger partial charge in [0, 0.05) is 18.4 Å². The highest BCUT2D eigenvalue weighted by atomic mass is 15.2. The van der Waals surface area contributed by atoms with Crippen molar-refractivity contribution in [2.45, 2.75) is 19.3 Å². The second kappa shape index (κ2) is 5.26. The first-order valence-electron chi connectivity index (χ1n) is 6.89. The molecule has 0 unspecified atom stereocenters. The Kier molecular flexibility index (Phi) is 3.30. The topological polar surface area (TPSA) is 63.7 Å². The maximum absolute atomic E-state index is 9.37. The number of rotatable bonds is 2. The van der Waals surface area contributed by atoms with E-state index >= 15 is 0 Å². The van der Waals surface area contributed by atoms with E-state index in [9.17, 15) is 5.26 Å². The third-order valence-corrected chi connectivity index (χ3v) is 3.85. The Morgan fingerprint density at radius 3 is 2.52 bits per heavy atom. The Balaban J connectivity index is 2.03. The average Bonchev–Trinajstić information content (AvgIpc) is 3.00. The Bertz CT molecular complexity index is 763. The molecule has 4 heteroatoms. The highest BCUT2D eigenvalue weighted by Crippen LogP contribution is 2.30. The molecule has 1 aliphatic carbocycles. The van der Waals surface area contributed by atoms with Gasteiger partial charge in [-0.15, -0.1) is 0 Å². The molecule has 0 N–H and O–H groups in total. The Labute approximate surface area is 123 Å². The molecule has 0 spiro atoms. The Morgan fingerprint density at radius 2 is 1.86 bits per heavy atom. The molecule has 0 aliphatic heterocycles. The maximum atomic E-state index is 9.37. The monoisotopic (exact) mass is 274 g/mol. The summed E-state index contributed by atoms with van der Waals surface area (Å²) in [5.41, 5.74) is 4.43. The molecule has 0 radical (unpaired) electrons. The van der Waals surface area contributed by atoms with Gasteiger partial charge in [-0.2, -0.15) is 10.5 Å². The van der Waals surface area contributed by atoms with Gasteiger partial charge in [0.05, 0.1) is 17.2 Å². The van der Waals surface area contributed by atoms with Gasteiger partial charge in [0.25, 0.3) is 0 Å². The van der Waals surface area contributed by atoms with Crippen LogP contribution in [-0.2, 0) is 12.8 Å². The summed E-state index contributed by atoms with van der Waals surface area (Å²) in [6.07, 6.45) is 3.10. The normalized spacial score (nSPS) is 12.3. The minimum Gasteiger partial charge on any atom is -0.328 e. The fraction of sp³-hybridized carbons (Fsp3) is 0.235. The lowest BCUT2D eigenvalue weighted by atomic mass is 10.1. The van der Waals surface area contributed by atoms with E-state index in [1.807, 2.05) is 30.1 Å². The van der Waals surface area contributed by atoms with Crippen molar-refractivity contribution in [1.29, 1.82) is 10.5 Å². The van der Waals surface area contributed by atoms with Crippen molar-refractivity contribution in [2.75, 3.05) is 11.9 Å². The molecular formula is C17H14N4. The molecule has 3 rings (SSSR count). The highest BCUT2D eigenvalue weighted by molar-refractivity contribution is 5.66. The van der Waals surface area contributed by atoms with Crippen LogP contribution in [0, 0.1) is 22.7 Å². The number of nitriles is 2.